The van der Waals surface area contributed by atoms with Crippen molar-refractivity contribution >= 4 is 21.9 Å². The zero-order chi connectivity index (χ0) is 20.0. The first-order valence-corrected chi connectivity index (χ1v) is 10.0. The first-order valence-electron chi connectivity index (χ1n) is 8.56. The average Bonchev–Trinajstić information content (AvgIpc) is 2.72. The quantitative estimate of drug-likeness (QED) is 0.485. The van der Waals surface area contributed by atoms with Gasteiger partial charge < -0.3 is 0 Å². The fourth-order valence-electron chi connectivity index (χ4n) is 2.59. The fourth-order valence-corrected chi connectivity index (χ4v) is 3.60. The minimum absolute atomic E-state index is 0.0693. The van der Waals surface area contributed by atoms with E-state index in [9.17, 15) is 17.6 Å². The molecule has 1 N–H and O–H groups in total. The van der Waals surface area contributed by atoms with Gasteiger partial charge in [0, 0.05) is 17.7 Å². The summed E-state index contributed by atoms with van der Waals surface area (Å²) in [5.74, 6) is -0.797. The van der Waals surface area contributed by atoms with E-state index in [4.69, 9.17) is 0 Å². The van der Waals surface area contributed by atoms with Crippen LogP contribution in [0.5, 0.6) is 0 Å². The van der Waals surface area contributed by atoms with Gasteiger partial charge in [-0.15, -0.1) is 0 Å². The molecule has 0 aliphatic rings. The Balaban J connectivity index is 1.88. The molecule has 0 spiro atoms. The van der Waals surface area contributed by atoms with Crippen molar-refractivity contribution in [3.63, 3.8) is 0 Å². The van der Waals surface area contributed by atoms with Crippen LogP contribution in [0.3, 0.4) is 0 Å². The largest absolute Gasteiger partial charge is 0.289 e. The first kappa shape index (κ1) is 19.7. The molecule has 0 saturated heterocycles. The van der Waals surface area contributed by atoms with Crippen molar-refractivity contribution in [2.45, 2.75) is 4.90 Å². The van der Waals surface area contributed by atoms with E-state index in [-0.39, 0.29) is 17.2 Å². The Hall–Kier alpha value is -3.09. The van der Waals surface area contributed by atoms with Crippen LogP contribution in [-0.4, -0.2) is 20.7 Å². The van der Waals surface area contributed by atoms with Gasteiger partial charge in [0.05, 0.1) is 4.90 Å². The van der Waals surface area contributed by atoms with Gasteiger partial charge in [-0.2, -0.15) is 0 Å². The molecular weight excluding hydrogens is 377 g/mol. The van der Waals surface area contributed by atoms with Gasteiger partial charge in [0.2, 0.25) is 10.0 Å². The zero-order valence-corrected chi connectivity index (χ0v) is 15.7. The predicted octanol–water partition coefficient (Wildman–Crippen LogP) is 4.07. The summed E-state index contributed by atoms with van der Waals surface area (Å²) >= 11 is 0. The van der Waals surface area contributed by atoms with E-state index < -0.39 is 15.8 Å². The average molecular weight is 395 g/mol. The van der Waals surface area contributed by atoms with Gasteiger partial charge >= 0.3 is 0 Å². The summed E-state index contributed by atoms with van der Waals surface area (Å²) in [5, 5.41) is 0. The Morgan fingerprint density at radius 1 is 0.857 bits per heavy atom. The molecule has 0 aliphatic carbocycles. The van der Waals surface area contributed by atoms with Crippen LogP contribution in [0.2, 0.25) is 0 Å². The maximum atomic E-state index is 13.1. The van der Waals surface area contributed by atoms with Crippen molar-refractivity contribution in [1.29, 1.82) is 0 Å². The second-order valence-corrected chi connectivity index (χ2v) is 7.82. The lowest BCUT2D eigenvalue weighted by Crippen LogP contribution is -2.28. The highest BCUT2D eigenvalue weighted by Crippen LogP contribution is 2.15. The molecule has 3 aromatic carbocycles. The molecule has 28 heavy (non-hydrogen) atoms. The highest BCUT2D eigenvalue weighted by molar-refractivity contribution is 7.89. The second kappa shape index (κ2) is 8.73. The summed E-state index contributed by atoms with van der Waals surface area (Å²) in [7, 11) is -3.89. The van der Waals surface area contributed by atoms with Crippen LogP contribution in [0.25, 0.3) is 6.08 Å². The number of hydrogen-bond acceptors (Lipinski definition) is 3. The Labute approximate surface area is 163 Å². The van der Waals surface area contributed by atoms with Crippen molar-refractivity contribution < 1.29 is 17.6 Å². The van der Waals surface area contributed by atoms with Crippen LogP contribution in [0.15, 0.2) is 95.4 Å². The number of sulfonamides is 1. The number of ketones is 1. The summed E-state index contributed by atoms with van der Waals surface area (Å²) in [6, 6.07) is 22.3. The van der Waals surface area contributed by atoms with Gasteiger partial charge in [0.15, 0.2) is 5.78 Å². The number of rotatable bonds is 7. The minimum Gasteiger partial charge on any atom is -0.289 e. The van der Waals surface area contributed by atoms with Gasteiger partial charge in [0.25, 0.3) is 0 Å². The number of nitrogens with one attached hydrogen (secondary N) is 1. The molecule has 3 aromatic rings. The van der Waals surface area contributed by atoms with E-state index >= 15 is 0 Å². The van der Waals surface area contributed by atoms with E-state index in [1.807, 2.05) is 30.3 Å². The lowest BCUT2D eigenvalue weighted by molar-refractivity contribution is 0.103. The molecule has 0 amide bonds. The number of benzene rings is 3. The van der Waals surface area contributed by atoms with Crippen LogP contribution in [0, 0.1) is 5.82 Å². The number of carbonyl (C=O) groups excluding carboxylic acids is 1. The normalized spacial score (nSPS) is 12.0. The summed E-state index contributed by atoms with van der Waals surface area (Å²) in [4.78, 5) is 12.8. The molecule has 3 rings (SSSR count). The van der Waals surface area contributed by atoms with Gasteiger partial charge in [-0.1, -0.05) is 60.7 Å². The summed E-state index contributed by atoms with van der Waals surface area (Å²) in [6.45, 7) is -0.192. The van der Waals surface area contributed by atoms with E-state index in [1.54, 1.807) is 36.4 Å². The molecule has 0 radical (unpaired) electrons. The van der Waals surface area contributed by atoms with Crippen molar-refractivity contribution in [3.8, 4) is 0 Å². The van der Waals surface area contributed by atoms with E-state index in [1.165, 1.54) is 12.1 Å². The van der Waals surface area contributed by atoms with Crippen molar-refractivity contribution in [2.24, 2.45) is 0 Å². The lowest BCUT2D eigenvalue weighted by atomic mass is 10.0. The zero-order valence-electron chi connectivity index (χ0n) is 14.9. The lowest BCUT2D eigenvalue weighted by Gasteiger charge is -2.10. The molecular formula is C22H18FNO3S. The molecule has 0 aromatic heterocycles. The van der Waals surface area contributed by atoms with Crippen molar-refractivity contribution in [2.75, 3.05) is 6.54 Å². The van der Waals surface area contributed by atoms with Crippen LogP contribution in [-0.2, 0) is 10.0 Å². The number of carbonyl (C=O) groups is 1. The third-order valence-electron chi connectivity index (χ3n) is 4.04. The monoisotopic (exact) mass is 395 g/mol. The van der Waals surface area contributed by atoms with Gasteiger partial charge in [0.1, 0.15) is 5.82 Å². The Morgan fingerprint density at radius 3 is 2.04 bits per heavy atom. The summed E-state index contributed by atoms with van der Waals surface area (Å²) < 4.78 is 40.5. The molecule has 0 aliphatic heterocycles. The van der Waals surface area contributed by atoms with Gasteiger partial charge in [-0.25, -0.2) is 17.5 Å². The topological polar surface area (TPSA) is 63.2 Å². The maximum absolute atomic E-state index is 13.1. The molecule has 0 saturated carbocycles. The Morgan fingerprint density at radius 2 is 1.43 bits per heavy atom. The molecule has 6 heteroatoms. The van der Waals surface area contributed by atoms with Crippen LogP contribution in [0.1, 0.15) is 15.9 Å². The molecule has 142 valence electrons. The number of hydrogen-bond donors (Lipinski definition) is 1. The Kier molecular flexibility index (Phi) is 6.13. The van der Waals surface area contributed by atoms with Crippen molar-refractivity contribution in [1.82, 2.24) is 4.72 Å². The van der Waals surface area contributed by atoms with Crippen molar-refractivity contribution in [3.05, 3.63) is 107 Å². The SMILES string of the molecule is O=C(C(=Cc1ccccc1)CNS(=O)(=O)c1ccc(F)cc1)c1ccccc1. The van der Waals surface area contributed by atoms with Crippen LogP contribution in [0.4, 0.5) is 4.39 Å². The number of Topliss-reactive ketones (excluding diaryl/α,β-unsaturated/α-hetero) is 1. The van der Waals surface area contributed by atoms with E-state index in [0.717, 1.165) is 17.7 Å². The maximum Gasteiger partial charge on any atom is 0.240 e. The second-order valence-electron chi connectivity index (χ2n) is 6.05. The molecule has 0 atom stereocenters. The summed E-state index contributed by atoms with van der Waals surface area (Å²) in [5.41, 5.74) is 1.54. The highest BCUT2D eigenvalue weighted by atomic mass is 32.2. The van der Waals surface area contributed by atoms with Gasteiger partial charge in [-0.3, -0.25) is 4.79 Å². The number of halogens is 1. The van der Waals surface area contributed by atoms with E-state index in [0.29, 0.717) is 11.1 Å². The minimum atomic E-state index is -3.89. The van der Waals surface area contributed by atoms with E-state index in [2.05, 4.69) is 4.72 Å². The molecule has 0 bridgehead atoms. The van der Waals surface area contributed by atoms with Crippen LogP contribution < -0.4 is 4.72 Å². The third kappa shape index (κ3) is 5.00. The standard InChI is InChI=1S/C22H18FNO3S/c23-20-11-13-21(14-12-20)28(26,27)24-16-19(15-17-7-3-1-4-8-17)22(25)18-9-5-2-6-10-18/h1-15,24H,16H2. The molecule has 0 heterocycles. The van der Waals surface area contributed by atoms with Gasteiger partial charge in [-0.05, 0) is 35.9 Å². The molecule has 4 nitrogen and oxygen atoms in total. The molecule has 0 fully saturated rings. The smallest absolute Gasteiger partial charge is 0.240 e. The highest BCUT2D eigenvalue weighted by Gasteiger charge is 2.18. The predicted molar refractivity (Wildman–Crippen MR) is 107 cm³/mol. The van der Waals surface area contributed by atoms with Crippen LogP contribution >= 0.6 is 0 Å². The molecule has 0 unspecified atom stereocenters. The Bertz CT molecular complexity index is 1080. The third-order valence-corrected chi connectivity index (χ3v) is 5.46. The first-order chi connectivity index (χ1) is 13.5. The fraction of sp³-hybridized carbons (Fsp3) is 0.0455. The summed E-state index contributed by atoms with van der Waals surface area (Å²) in [6.07, 6.45) is 1.66.